The lowest BCUT2D eigenvalue weighted by molar-refractivity contribution is 0.0932. The average molecular weight is 394 g/mol. The van der Waals surface area contributed by atoms with E-state index in [9.17, 15) is 9.59 Å². The number of benzene rings is 1. The molecule has 1 aliphatic heterocycles. The van der Waals surface area contributed by atoms with E-state index in [1.54, 1.807) is 6.07 Å². The van der Waals surface area contributed by atoms with Gasteiger partial charge in [0.05, 0.1) is 5.56 Å². The molecule has 0 saturated carbocycles. The number of carbonyl (C=O) groups excluding carboxylic acids is 2. The van der Waals surface area contributed by atoms with Crippen molar-refractivity contribution in [2.45, 2.75) is 32.2 Å². The second-order valence-corrected chi connectivity index (χ2v) is 7.10. The van der Waals surface area contributed by atoms with E-state index in [0.717, 1.165) is 32.4 Å². The van der Waals surface area contributed by atoms with E-state index in [1.165, 1.54) is 16.9 Å². The number of amides is 2. The molecule has 26 heavy (non-hydrogen) atoms. The van der Waals surface area contributed by atoms with E-state index in [-0.39, 0.29) is 30.3 Å². The minimum atomic E-state index is -0.196. The van der Waals surface area contributed by atoms with Crippen LogP contribution in [0.2, 0.25) is 0 Å². The molecule has 0 aliphatic carbocycles. The minimum absolute atomic E-state index is 0. The number of hydrogen-bond acceptors (Lipinski definition) is 4. The Morgan fingerprint density at radius 2 is 1.96 bits per heavy atom. The van der Waals surface area contributed by atoms with Crippen LogP contribution in [0.5, 0.6) is 0 Å². The quantitative estimate of drug-likeness (QED) is 0.728. The number of rotatable bonds is 5. The molecular formula is C19H24ClN3O2S. The highest BCUT2D eigenvalue weighted by atomic mass is 35.5. The molecule has 0 spiro atoms. The molecule has 1 saturated heterocycles. The van der Waals surface area contributed by atoms with Gasteiger partial charge < -0.3 is 16.0 Å². The standard InChI is InChI=1S/C19H23N3O2S.ClH/c1-2-13-5-7-14(8-6-13)17(23)22-19-16(9-11-25-19)18(24)21-15-4-3-10-20-12-15;/h5-9,11,15,20H,2-4,10,12H2,1H3,(H,21,24)(H,22,23);1H. The normalized spacial score (nSPS) is 16.4. The molecule has 2 amide bonds. The van der Waals surface area contributed by atoms with Gasteiger partial charge in [0.15, 0.2) is 0 Å². The molecule has 0 bridgehead atoms. The smallest absolute Gasteiger partial charge is 0.256 e. The SMILES string of the molecule is CCc1ccc(C(=O)Nc2sccc2C(=O)NC2CCCNC2)cc1.Cl. The Morgan fingerprint density at radius 1 is 1.19 bits per heavy atom. The first-order valence-electron chi connectivity index (χ1n) is 8.66. The third-order valence-electron chi connectivity index (χ3n) is 4.39. The first-order valence-corrected chi connectivity index (χ1v) is 9.54. The van der Waals surface area contributed by atoms with Crippen LogP contribution in [-0.2, 0) is 6.42 Å². The van der Waals surface area contributed by atoms with Crippen molar-refractivity contribution in [3.63, 3.8) is 0 Å². The number of hydrogen-bond donors (Lipinski definition) is 3. The zero-order valence-corrected chi connectivity index (χ0v) is 16.3. The Morgan fingerprint density at radius 3 is 2.62 bits per heavy atom. The van der Waals surface area contributed by atoms with Crippen molar-refractivity contribution in [1.29, 1.82) is 0 Å². The summed E-state index contributed by atoms with van der Waals surface area (Å²) in [6, 6.07) is 9.43. The van der Waals surface area contributed by atoms with Gasteiger partial charge in [-0.2, -0.15) is 0 Å². The first kappa shape index (κ1) is 20.4. The van der Waals surface area contributed by atoms with Crippen LogP contribution in [0.15, 0.2) is 35.7 Å². The topological polar surface area (TPSA) is 70.2 Å². The van der Waals surface area contributed by atoms with Gasteiger partial charge in [-0.05, 0) is 54.9 Å². The Hall–Kier alpha value is -1.89. The lowest BCUT2D eigenvalue weighted by Crippen LogP contribution is -2.45. The summed E-state index contributed by atoms with van der Waals surface area (Å²) in [6.07, 6.45) is 2.98. The lowest BCUT2D eigenvalue weighted by atomic mass is 10.1. The molecule has 1 fully saturated rings. The molecule has 2 aromatic rings. The lowest BCUT2D eigenvalue weighted by Gasteiger charge is -2.23. The monoisotopic (exact) mass is 393 g/mol. The van der Waals surface area contributed by atoms with Crippen LogP contribution in [0.25, 0.3) is 0 Å². The van der Waals surface area contributed by atoms with Crippen LogP contribution in [0.3, 0.4) is 0 Å². The number of nitrogens with one attached hydrogen (secondary N) is 3. The number of thiophene rings is 1. The highest BCUT2D eigenvalue weighted by molar-refractivity contribution is 7.14. The van der Waals surface area contributed by atoms with Crippen molar-refractivity contribution < 1.29 is 9.59 Å². The first-order chi connectivity index (χ1) is 12.2. The Kier molecular flexibility index (Phi) is 7.63. The molecule has 1 aliphatic rings. The maximum Gasteiger partial charge on any atom is 0.256 e. The van der Waals surface area contributed by atoms with E-state index in [1.807, 2.05) is 29.6 Å². The van der Waals surface area contributed by atoms with Crippen molar-refractivity contribution in [3.05, 3.63) is 52.4 Å². The van der Waals surface area contributed by atoms with Crippen LogP contribution < -0.4 is 16.0 Å². The Balaban J connectivity index is 0.00000243. The maximum absolute atomic E-state index is 12.5. The molecule has 1 unspecified atom stereocenters. The van der Waals surface area contributed by atoms with Crippen molar-refractivity contribution in [2.24, 2.45) is 0 Å². The van der Waals surface area contributed by atoms with Crippen molar-refractivity contribution >= 4 is 40.6 Å². The van der Waals surface area contributed by atoms with E-state index in [4.69, 9.17) is 0 Å². The van der Waals surface area contributed by atoms with E-state index >= 15 is 0 Å². The molecule has 5 nitrogen and oxygen atoms in total. The third kappa shape index (κ3) is 5.06. The van der Waals surface area contributed by atoms with Gasteiger partial charge in [-0.3, -0.25) is 9.59 Å². The summed E-state index contributed by atoms with van der Waals surface area (Å²) in [5.74, 6) is -0.329. The summed E-state index contributed by atoms with van der Waals surface area (Å²) in [7, 11) is 0. The Labute approximate surface area is 164 Å². The number of halogens is 1. The fraction of sp³-hybridized carbons (Fsp3) is 0.368. The number of piperidine rings is 1. The summed E-state index contributed by atoms with van der Waals surface area (Å²) in [4.78, 5) is 24.9. The van der Waals surface area contributed by atoms with Gasteiger partial charge in [-0.1, -0.05) is 19.1 Å². The largest absolute Gasteiger partial charge is 0.348 e. The fourth-order valence-electron chi connectivity index (χ4n) is 2.89. The van der Waals surface area contributed by atoms with Gasteiger partial charge in [0.25, 0.3) is 11.8 Å². The minimum Gasteiger partial charge on any atom is -0.348 e. The predicted molar refractivity (Wildman–Crippen MR) is 109 cm³/mol. The molecule has 140 valence electrons. The maximum atomic E-state index is 12.5. The highest BCUT2D eigenvalue weighted by Gasteiger charge is 2.20. The Bertz CT molecular complexity index is 739. The van der Waals surface area contributed by atoms with E-state index in [0.29, 0.717) is 16.1 Å². The predicted octanol–water partition coefficient (Wildman–Crippen LogP) is 3.47. The summed E-state index contributed by atoms with van der Waals surface area (Å²) in [6.45, 7) is 3.87. The average Bonchev–Trinajstić information content (AvgIpc) is 3.11. The van der Waals surface area contributed by atoms with Gasteiger partial charge in [-0.25, -0.2) is 0 Å². The number of carbonyl (C=O) groups is 2. The molecule has 2 heterocycles. The van der Waals surface area contributed by atoms with Gasteiger partial charge in [0.1, 0.15) is 5.00 Å². The molecule has 7 heteroatoms. The summed E-state index contributed by atoms with van der Waals surface area (Å²) >= 11 is 1.36. The van der Waals surface area contributed by atoms with Crippen molar-refractivity contribution in [3.8, 4) is 0 Å². The van der Waals surface area contributed by atoms with Crippen LogP contribution in [0, 0.1) is 0 Å². The van der Waals surface area contributed by atoms with Crippen LogP contribution in [0.4, 0.5) is 5.00 Å². The van der Waals surface area contributed by atoms with Crippen molar-refractivity contribution in [1.82, 2.24) is 10.6 Å². The molecular weight excluding hydrogens is 370 g/mol. The molecule has 3 N–H and O–H groups in total. The van der Waals surface area contributed by atoms with Gasteiger partial charge in [0, 0.05) is 18.2 Å². The fourth-order valence-corrected chi connectivity index (χ4v) is 3.67. The number of aryl methyl sites for hydroxylation is 1. The zero-order valence-electron chi connectivity index (χ0n) is 14.7. The van der Waals surface area contributed by atoms with Crippen LogP contribution >= 0.6 is 23.7 Å². The zero-order chi connectivity index (χ0) is 17.6. The number of anilines is 1. The molecule has 0 radical (unpaired) electrons. The molecule has 1 aromatic heterocycles. The van der Waals surface area contributed by atoms with Gasteiger partial charge >= 0.3 is 0 Å². The van der Waals surface area contributed by atoms with Crippen molar-refractivity contribution in [2.75, 3.05) is 18.4 Å². The summed E-state index contributed by atoms with van der Waals surface area (Å²) in [5, 5.41) is 11.6. The van der Waals surface area contributed by atoms with E-state index < -0.39 is 0 Å². The summed E-state index contributed by atoms with van der Waals surface area (Å²) < 4.78 is 0. The van der Waals surface area contributed by atoms with Crippen LogP contribution in [0.1, 0.15) is 46.0 Å². The summed E-state index contributed by atoms with van der Waals surface area (Å²) in [5.41, 5.74) is 2.30. The van der Waals surface area contributed by atoms with E-state index in [2.05, 4.69) is 22.9 Å². The van der Waals surface area contributed by atoms with Gasteiger partial charge in [-0.15, -0.1) is 23.7 Å². The second-order valence-electron chi connectivity index (χ2n) is 6.18. The highest BCUT2D eigenvalue weighted by Crippen LogP contribution is 2.24. The third-order valence-corrected chi connectivity index (χ3v) is 5.22. The molecule has 1 aromatic carbocycles. The second kappa shape index (κ2) is 9.71. The van der Waals surface area contributed by atoms with Gasteiger partial charge in [0.2, 0.25) is 0 Å². The molecule has 3 rings (SSSR count). The van der Waals surface area contributed by atoms with Crippen LogP contribution in [-0.4, -0.2) is 30.9 Å². The molecule has 1 atom stereocenters.